The van der Waals surface area contributed by atoms with Crippen LogP contribution in [0.5, 0.6) is 5.75 Å². The number of anilines is 3. The van der Waals surface area contributed by atoms with E-state index >= 15 is 0 Å². The number of thioether (sulfide) groups is 1. The van der Waals surface area contributed by atoms with Crippen molar-refractivity contribution in [3.8, 4) is 11.4 Å². The maximum Gasteiger partial charge on any atom is 0.294 e. The summed E-state index contributed by atoms with van der Waals surface area (Å²) in [6, 6.07) is 27.1. The summed E-state index contributed by atoms with van der Waals surface area (Å²) in [5.74, 6) is -0.597. The van der Waals surface area contributed by atoms with E-state index in [0.29, 0.717) is 57.1 Å². The van der Waals surface area contributed by atoms with Crippen molar-refractivity contribution in [2.45, 2.75) is 147 Å². The van der Waals surface area contributed by atoms with Gasteiger partial charge in [0.2, 0.25) is 27.2 Å². The molecule has 6 rings (SSSR count). The summed E-state index contributed by atoms with van der Waals surface area (Å²) < 4.78 is 37.6. The summed E-state index contributed by atoms with van der Waals surface area (Å²) in [5.41, 5.74) is 4.51. The minimum absolute atomic E-state index is 0.0345. The first-order chi connectivity index (χ1) is 32.9. The first-order valence-electron chi connectivity index (χ1n) is 24.3. The smallest absolute Gasteiger partial charge is 0.294 e. The van der Waals surface area contributed by atoms with Crippen LogP contribution in [-0.4, -0.2) is 58.0 Å². The highest BCUT2D eigenvalue weighted by molar-refractivity contribution is 7.99. The van der Waals surface area contributed by atoms with E-state index in [1.807, 2.05) is 55.5 Å². The molecule has 16 heteroatoms. The topological polar surface area (TPSA) is 161 Å². The molecule has 0 saturated carbocycles. The number of aryl methyl sites for hydroxylation is 1. The van der Waals surface area contributed by atoms with E-state index in [-0.39, 0.29) is 22.8 Å². The largest absolute Gasteiger partial charge is 0.474 e. The molecule has 1 aromatic heterocycles. The zero-order valence-corrected chi connectivity index (χ0v) is 42.5. The van der Waals surface area contributed by atoms with E-state index < -0.39 is 22.0 Å². The summed E-state index contributed by atoms with van der Waals surface area (Å²) in [4.78, 5) is 27.7. The Balaban J connectivity index is 1.18. The van der Waals surface area contributed by atoms with Gasteiger partial charge in [-0.2, -0.15) is 14.8 Å². The number of nitrogens with one attached hydrogen (secondary N) is 2. The second-order valence-electron chi connectivity index (χ2n) is 17.8. The molecule has 0 saturated heterocycles. The van der Waals surface area contributed by atoms with Gasteiger partial charge in [0, 0.05) is 33.0 Å². The molecule has 4 aromatic carbocycles. The van der Waals surface area contributed by atoms with Gasteiger partial charge >= 0.3 is 0 Å². The van der Waals surface area contributed by atoms with Crippen molar-refractivity contribution in [3.63, 3.8) is 0 Å². The second kappa shape index (κ2) is 25.9. The van der Waals surface area contributed by atoms with E-state index in [4.69, 9.17) is 21.4 Å². The second-order valence-corrected chi connectivity index (χ2v) is 21.2. The Labute approximate surface area is 412 Å². The van der Waals surface area contributed by atoms with Gasteiger partial charge in [0.25, 0.3) is 5.91 Å². The molecular formula is C52H67ClN8O5S2. The Morgan fingerprint density at radius 1 is 0.824 bits per heavy atom. The number of unbranched alkanes of at least 4 members (excludes halogenated alkanes) is 13. The first-order valence-corrected chi connectivity index (χ1v) is 27.2. The first kappa shape index (κ1) is 52.1. The van der Waals surface area contributed by atoms with Crippen LogP contribution in [0.2, 0.25) is 5.02 Å². The summed E-state index contributed by atoms with van der Waals surface area (Å²) >= 11 is 7.91. The number of carbonyl (C=O) groups is 2. The van der Waals surface area contributed by atoms with Gasteiger partial charge in [-0.15, -0.1) is 5.10 Å². The van der Waals surface area contributed by atoms with Crippen molar-refractivity contribution in [2.75, 3.05) is 20.8 Å². The summed E-state index contributed by atoms with van der Waals surface area (Å²) in [6.07, 6.45) is 16.1. The van der Waals surface area contributed by atoms with Crippen molar-refractivity contribution in [1.29, 1.82) is 0 Å². The maximum absolute atomic E-state index is 14.8. The van der Waals surface area contributed by atoms with Crippen LogP contribution in [0.15, 0.2) is 101 Å². The van der Waals surface area contributed by atoms with Crippen molar-refractivity contribution in [1.82, 2.24) is 20.2 Å². The van der Waals surface area contributed by atoms with Crippen molar-refractivity contribution >= 4 is 68.0 Å². The summed E-state index contributed by atoms with van der Waals surface area (Å²) in [7, 11) is -3.60. The number of halogens is 1. The molecule has 364 valence electrons. The van der Waals surface area contributed by atoms with Crippen molar-refractivity contribution in [3.05, 3.63) is 113 Å². The molecule has 2 N–H and O–H groups in total. The van der Waals surface area contributed by atoms with Gasteiger partial charge in [-0.05, 0) is 78.7 Å². The average molecular weight is 984 g/mol. The fourth-order valence-corrected chi connectivity index (χ4v) is 10.5. The molecule has 0 fully saturated rings. The van der Waals surface area contributed by atoms with Crippen molar-refractivity contribution < 1.29 is 22.7 Å². The maximum atomic E-state index is 14.8. The molecule has 2 heterocycles. The lowest BCUT2D eigenvalue weighted by Crippen LogP contribution is -2.37. The van der Waals surface area contributed by atoms with Crippen LogP contribution in [-0.2, 0) is 19.6 Å². The number of sulfonamides is 1. The van der Waals surface area contributed by atoms with Gasteiger partial charge < -0.3 is 10.1 Å². The van der Waals surface area contributed by atoms with E-state index in [2.05, 4.69) is 39.4 Å². The number of para-hydroxylation sites is 1. The zero-order chi connectivity index (χ0) is 48.5. The molecule has 2 amide bonds. The number of hydrogen-bond donors (Lipinski definition) is 2. The number of benzene rings is 4. The predicted octanol–water partition coefficient (Wildman–Crippen LogP) is 12.9. The number of ether oxygens (including phenoxy) is 1. The van der Waals surface area contributed by atoms with E-state index in [1.54, 1.807) is 61.0 Å². The van der Waals surface area contributed by atoms with Crippen LogP contribution in [0.3, 0.4) is 0 Å². The van der Waals surface area contributed by atoms with Crippen LogP contribution in [0.1, 0.15) is 146 Å². The molecule has 2 atom stereocenters. The molecule has 0 bridgehead atoms. The molecule has 1 aliphatic rings. The third kappa shape index (κ3) is 14.9. The lowest BCUT2D eigenvalue weighted by molar-refractivity contribution is -0.122. The van der Waals surface area contributed by atoms with Gasteiger partial charge in [-0.25, -0.2) is 8.42 Å². The predicted molar refractivity (Wildman–Crippen MR) is 277 cm³/mol. The molecule has 0 spiro atoms. The number of tetrazole rings is 1. The molecule has 2 unspecified atom stereocenters. The third-order valence-corrected chi connectivity index (χ3v) is 14.8. The molecule has 68 heavy (non-hydrogen) atoms. The molecule has 0 radical (unpaired) electrons. The normalized spacial score (nSPS) is 14.3. The van der Waals surface area contributed by atoms with Crippen LogP contribution < -0.4 is 19.8 Å². The lowest BCUT2D eigenvalue weighted by atomic mass is 10.0. The number of nitrogens with zero attached hydrogens (tertiary/aromatic N) is 6. The molecular weight excluding hydrogens is 916 g/mol. The van der Waals surface area contributed by atoms with E-state index in [9.17, 15) is 18.0 Å². The van der Waals surface area contributed by atoms with E-state index in [0.717, 1.165) is 36.1 Å². The number of rotatable bonds is 28. The standard InChI is InChI=1S/C52H67ClN8O5S2/c1-6-8-9-10-11-12-13-14-15-16-17-18-19-23-34-68(64,65)57-41-30-27-39(28-31-41)48-49(51(63)61(56-48)45-32-29-40(53)36-44(45)54-50(62)37(3)4)66-46-33-26-38(5)35-43(46)47(7-2)67-52-55-58-59-60(52)42-24-21-20-22-25-42/h20-22,24-33,35-37,47,49,57H,6-19,23,34H2,1-5H3,(H,54,62). The van der Waals surface area contributed by atoms with Crippen LogP contribution in [0.25, 0.3) is 5.69 Å². The number of amides is 2. The van der Waals surface area contributed by atoms with Gasteiger partial charge in [0.1, 0.15) is 11.5 Å². The Hall–Kier alpha value is -5.25. The Bertz CT molecular complexity index is 2550. The average Bonchev–Trinajstić information content (AvgIpc) is 3.92. The molecule has 1 aliphatic heterocycles. The summed E-state index contributed by atoms with van der Waals surface area (Å²) in [6.45, 7) is 9.86. The van der Waals surface area contributed by atoms with Crippen LogP contribution >= 0.6 is 23.4 Å². The number of hydrazone groups is 1. The fraction of sp³-hybridized carbons (Fsp3) is 0.462. The third-order valence-electron chi connectivity index (χ3n) is 11.9. The van der Waals surface area contributed by atoms with Crippen LogP contribution in [0, 0.1) is 12.8 Å². The Morgan fingerprint density at radius 3 is 2.10 bits per heavy atom. The highest BCUT2D eigenvalue weighted by atomic mass is 35.5. The molecule has 13 nitrogen and oxygen atoms in total. The fourth-order valence-electron chi connectivity index (χ4n) is 8.05. The monoisotopic (exact) mass is 982 g/mol. The minimum atomic E-state index is -3.60. The van der Waals surface area contributed by atoms with Gasteiger partial charge in [-0.1, -0.05) is 183 Å². The van der Waals surface area contributed by atoms with Gasteiger partial charge in [-0.3, -0.25) is 14.3 Å². The molecule has 0 aliphatic carbocycles. The lowest BCUT2D eigenvalue weighted by Gasteiger charge is -2.23. The van der Waals surface area contributed by atoms with Gasteiger partial charge in [0.05, 0.1) is 22.8 Å². The molecule has 5 aromatic rings. The zero-order valence-electron chi connectivity index (χ0n) is 40.1. The van der Waals surface area contributed by atoms with E-state index in [1.165, 1.54) is 81.0 Å². The van der Waals surface area contributed by atoms with Crippen molar-refractivity contribution in [2.24, 2.45) is 11.0 Å². The Kier molecular flexibility index (Phi) is 19.9. The van der Waals surface area contributed by atoms with Crippen LogP contribution in [0.4, 0.5) is 17.1 Å². The number of hydrogen-bond acceptors (Lipinski definition) is 10. The van der Waals surface area contributed by atoms with Gasteiger partial charge in [0.15, 0.2) is 0 Å². The summed E-state index contributed by atoms with van der Waals surface area (Å²) in [5, 5.41) is 22.3. The highest BCUT2D eigenvalue weighted by Crippen LogP contribution is 2.43. The number of aromatic nitrogens is 4. The Morgan fingerprint density at radius 2 is 1.47 bits per heavy atom. The number of carbonyl (C=O) groups excluding carboxylic acids is 2. The SMILES string of the molecule is CCCCCCCCCCCCCCCCS(=O)(=O)Nc1ccc(C2=NN(c3ccc(Cl)cc3NC(=O)C(C)C)C(=O)C2Oc2ccc(C)cc2C(CC)Sc2nnnn2-c2ccccc2)cc1. The minimum Gasteiger partial charge on any atom is -0.474 e. The quantitative estimate of drug-likeness (QED) is 0.0367. The highest BCUT2D eigenvalue weighted by Gasteiger charge is 2.41.